The molecule has 0 fully saturated rings. The first kappa shape index (κ1) is 12.3. The number of imidazole rings is 1. The lowest BCUT2D eigenvalue weighted by atomic mass is 10.1. The maximum atomic E-state index is 14.1. The second kappa shape index (κ2) is 5.00. The highest BCUT2D eigenvalue weighted by Gasteiger charge is 2.11. The number of aromatic nitrogens is 2. The molecule has 0 unspecified atom stereocenters. The van der Waals surface area contributed by atoms with Crippen LogP contribution in [0.2, 0.25) is 0 Å². The summed E-state index contributed by atoms with van der Waals surface area (Å²) in [4.78, 5) is 4.19. The Morgan fingerprint density at radius 1 is 1.50 bits per heavy atom. The Bertz CT molecular complexity index is 574. The smallest absolute Gasteiger partial charge is 0.139 e. The number of benzene rings is 1. The molecule has 1 aromatic heterocycles. The quantitative estimate of drug-likeness (QED) is 0.639. The summed E-state index contributed by atoms with van der Waals surface area (Å²) in [6, 6.07) is 4.91. The molecule has 0 spiro atoms. The summed E-state index contributed by atoms with van der Waals surface area (Å²) in [7, 11) is 0. The van der Waals surface area contributed by atoms with Crippen molar-refractivity contribution in [3.05, 3.63) is 53.4 Å². The highest BCUT2D eigenvalue weighted by molar-refractivity contribution is 5.95. The molecule has 3 N–H and O–H groups in total. The zero-order valence-corrected chi connectivity index (χ0v) is 10.2. The fourth-order valence-corrected chi connectivity index (χ4v) is 1.89. The number of nitrogen functional groups attached to an aromatic ring is 1. The monoisotopic (exact) mass is 246 g/mol. The van der Waals surface area contributed by atoms with Crippen molar-refractivity contribution in [3.63, 3.8) is 0 Å². The van der Waals surface area contributed by atoms with Crippen LogP contribution >= 0.6 is 0 Å². The molecule has 0 aliphatic heterocycles. The SMILES string of the molecule is CCc1nccn1Cc1cccc(C(=N)N)c1F. The van der Waals surface area contributed by atoms with Gasteiger partial charge in [0, 0.05) is 24.4 Å². The average molecular weight is 246 g/mol. The lowest BCUT2D eigenvalue weighted by molar-refractivity contribution is 0.592. The summed E-state index contributed by atoms with van der Waals surface area (Å²) < 4.78 is 16.0. The van der Waals surface area contributed by atoms with Gasteiger partial charge in [0.15, 0.2) is 0 Å². The molecule has 0 amide bonds. The summed E-state index contributed by atoms with van der Waals surface area (Å²) >= 11 is 0. The van der Waals surface area contributed by atoms with Gasteiger partial charge in [0.1, 0.15) is 17.5 Å². The molecule has 4 nitrogen and oxygen atoms in total. The summed E-state index contributed by atoms with van der Waals surface area (Å²) in [5.74, 6) is 0.221. The van der Waals surface area contributed by atoms with E-state index in [0.29, 0.717) is 12.1 Å². The van der Waals surface area contributed by atoms with Crippen LogP contribution in [0.3, 0.4) is 0 Å². The van der Waals surface area contributed by atoms with Gasteiger partial charge in [0.2, 0.25) is 0 Å². The maximum absolute atomic E-state index is 14.1. The Morgan fingerprint density at radius 2 is 2.28 bits per heavy atom. The van der Waals surface area contributed by atoms with Crippen LogP contribution in [0.5, 0.6) is 0 Å². The molecule has 2 aromatic rings. The first-order valence-electron chi connectivity index (χ1n) is 5.75. The van der Waals surface area contributed by atoms with E-state index < -0.39 is 5.82 Å². The van der Waals surface area contributed by atoms with Crippen molar-refractivity contribution in [2.24, 2.45) is 5.73 Å². The normalized spacial score (nSPS) is 10.6. The van der Waals surface area contributed by atoms with Gasteiger partial charge in [-0.1, -0.05) is 19.1 Å². The Morgan fingerprint density at radius 3 is 2.94 bits per heavy atom. The number of hydrogen-bond acceptors (Lipinski definition) is 2. The van der Waals surface area contributed by atoms with Crippen molar-refractivity contribution in [1.82, 2.24) is 9.55 Å². The van der Waals surface area contributed by atoms with Gasteiger partial charge in [0.25, 0.3) is 0 Å². The van der Waals surface area contributed by atoms with Gasteiger partial charge in [-0.25, -0.2) is 9.37 Å². The van der Waals surface area contributed by atoms with Crippen LogP contribution in [0.1, 0.15) is 23.9 Å². The predicted octanol–water partition coefficient (Wildman–Crippen LogP) is 1.92. The molecule has 1 aromatic carbocycles. The van der Waals surface area contributed by atoms with E-state index in [4.69, 9.17) is 11.1 Å². The molecular formula is C13H15FN4. The Kier molecular flexibility index (Phi) is 3.41. The van der Waals surface area contributed by atoms with E-state index in [9.17, 15) is 4.39 Å². The largest absolute Gasteiger partial charge is 0.384 e. The number of aryl methyl sites for hydroxylation is 1. The lowest BCUT2D eigenvalue weighted by Gasteiger charge is -2.10. The molecule has 94 valence electrons. The van der Waals surface area contributed by atoms with E-state index >= 15 is 0 Å². The van der Waals surface area contributed by atoms with Gasteiger partial charge >= 0.3 is 0 Å². The number of halogens is 1. The van der Waals surface area contributed by atoms with Crippen LogP contribution in [-0.4, -0.2) is 15.4 Å². The molecule has 2 rings (SSSR count). The van der Waals surface area contributed by atoms with E-state index in [2.05, 4.69) is 4.98 Å². The van der Waals surface area contributed by atoms with Crippen LogP contribution in [0.15, 0.2) is 30.6 Å². The first-order chi connectivity index (χ1) is 8.63. The number of rotatable bonds is 4. The topological polar surface area (TPSA) is 67.7 Å². The molecule has 0 radical (unpaired) electrons. The highest BCUT2D eigenvalue weighted by Crippen LogP contribution is 2.14. The molecule has 0 aliphatic rings. The predicted molar refractivity (Wildman–Crippen MR) is 68.1 cm³/mol. The number of hydrogen-bond donors (Lipinski definition) is 2. The molecular weight excluding hydrogens is 231 g/mol. The van der Waals surface area contributed by atoms with Crippen LogP contribution in [0, 0.1) is 11.2 Å². The summed E-state index contributed by atoms with van der Waals surface area (Å²) in [5.41, 5.74) is 5.99. The van der Waals surface area contributed by atoms with Gasteiger partial charge in [-0.15, -0.1) is 0 Å². The first-order valence-corrected chi connectivity index (χ1v) is 5.75. The van der Waals surface area contributed by atoms with Crippen molar-refractivity contribution in [2.45, 2.75) is 19.9 Å². The Hall–Kier alpha value is -2.17. The molecule has 0 aliphatic carbocycles. The molecule has 0 atom stereocenters. The third-order valence-corrected chi connectivity index (χ3v) is 2.83. The molecule has 0 saturated heterocycles. The van der Waals surface area contributed by atoms with Crippen molar-refractivity contribution in [3.8, 4) is 0 Å². The second-order valence-corrected chi connectivity index (χ2v) is 4.02. The minimum atomic E-state index is -0.430. The van der Waals surface area contributed by atoms with Crippen LogP contribution in [-0.2, 0) is 13.0 Å². The average Bonchev–Trinajstić information content (AvgIpc) is 2.78. The summed E-state index contributed by atoms with van der Waals surface area (Å²) in [6.45, 7) is 2.40. The standard InChI is InChI=1S/C13H15FN4/c1-2-11-17-6-7-18(11)8-9-4-3-5-10(12(9)14)13(15)16/h3-7H,2,8H2,1H3,(H3,15,16). The summed E-state index contributed by atoms with van der Waals surface area (Å²) in [6.07, 6.45) is 4.31. The highest BCUT2D eigenvalue weighted by atomic mass is 19.1. The number of nitrogens with two attached hydrogens (primary N) is 1. The minimum Gasteiger partial charge on any atom is -0.384 e. The fourth-order valence-electron chi connectivity index (χ4n) is 1.89. The lowest BCUT2D eigenvalue weighted by Crippen LogP contribution is -2.15. The number of amidine groups is 1. The Labute approximate surface area is 105 Å². The van der Waals surface area contributed by atoms with E-state index in [-0.39, 0.29) is 11.4 Å². The molecule has 1 heterocycles. The van der Waals surface area contributed by atoms with E-state index in [1.54, 1.807) is 18.3 Å². The van der Waals surface area contributed by atoms with Crippen molar-refractivity contribution >= 4 is 5.84 Å². The summed E-state index contributed by atoms with van der Waals surface area (Å²) in [5, 5.41) is 7.32. The molecule has 5 heteroatoms. The van der Waals surface area contributed by atoms with Gasteiger partial charge in [-0.05, 0) is 6.07 Å². The zero-order chi connectivity index (χ0) is 13.1. The van der Waals surface area contributed by atoms with Crippen molar-refractivity contribution in [1.29, 1.82) is 5.41 Å². The van der Waals surface area contributed by atoms with Crippen LogP contribution < -0.4 is 5.73 Å². The van der Waals surface area contributed by atoms with E-state index in [0.717, 1.165) is 12.2 Å². The maximum Gasteiger partial charge on any atom is 0.139 e. The van der Waals surface area contributed by atoms with E-state index in [1.165, 1.54) is 6.07 Å². The Balaban J connectivity index is 2.35. The van der Waals surface area contributed by atoms with Crippen molar-refractivity contribution < 1.29 is 4.39 Å². The van der Waals surface area contributed by atoms with Gasteiger partial charge in [-0.3, -0.25) is 5.41 Å². The molecule has 0 saturated carbocycles. The van der Waals surface area contributed by atoms with Gasteiger partial charge in [-0.2, -0.15) is 0 Å². The van der Waals surface area contributed by atoms with Crippen LogP contribution in [0.25, 0.3) is 0 Å². The fraction of sp³-hybridized carbons (Fsp3) is 0.231. The number of nitrogens with one attached hydrogen (secondary N) is 1. The van der Waals surface area contributed by atoms with E-state index in [1.807, 2.05) is 17.7 Å². The number of nitrogens with zero attached hydrogens (tertiary/aromatic N) is 2. The van der Waals surface area contributed by atoms with Gasteiger partial charge < -0.3 is 10.3 Å². The molecule has 0 bridgehead atoms. The second-order valence-electron chi connectivity index (χ2n) is 4.02. The van der Waals surface area contributed by atoms with Gasteiger partial charge in [0.05, 0.1) is 12.1 Å². The zero-order valence-electron chi connectivity index (χ0n) is 10.2. The third kappa shape index (κ3) is 2.25. The minimum absolute atomic E-state index is 0.144. The van der Waals surface area contributed by atoms with Crippen molar-refractivity contribution in [2.75, 3.05) is 0 Å². The molecule has 18 heavy (non-hydrogen) atoms. The third-order valence-electron chi connectivity index (χ3n) is 2.83. The van der Waals surface area contributed by atoms with Crippen LogP contribution in [0.4, 0.5) is 4.39 Å².